The van der Waals surface area contributed by atoms with Crippen LogP contribution in [0.4, 0.5) is 10.5 Å². The van der Waals surface area contributed by atoms with Crippen molar-refractivity contribution in [3.8, 4) is 5.75 Å². The second kappa shape index (κ2) is 22.2. The Morgan fingerprint density at radius 2 is 1.48 bits per heavy atom. The number of anilines is 1. The molecule has 0 saturated carbocycles. The average Bonchev–Trinajstić information content (AvgIpc) is 3.58. The molecule has 0 spiro atoms. The lowest BCUT2D eigenvalue weighted by Crippen LogP contribution is -2.43. The third-order valence-electron chi connectivity index (χ3n) is 9.56. The van der Waals surface area contributed by atoms with Gasteiger partial charge in [0, 0.05) is 37.3 Å². The van der Waals surface area contributed by atoms with Crippen molar-refractivity contribution in [2.45, 2.75) is 83.0 Å². The average molecular weight is 838 g/mol. The van der Waals surface area contributed by atoms with E-state index in [0.717, 1.165) is 23.1 Å². The maximum absolute atomic E-state index is 14.0. The normalized spacial score (nSPS) is 17.6. The van der Waals surface area contributed by atoms with Gasteiger partial charge in [-0.15, -0.1) is 0 Å². The minimum Gasteiger partial charge on any atom is -0.481 e. The van der Waals surface area contributed by atoms with Crippen LogP contribution < -0.4 is 15.8 Å². The summed E-state index contributed by atoms with van der Waals surface area (Å²) in [5.74, 6) is 0.143. The molecule has 0 bridgehead atoms. The number of benzene rings is 4. The second-order valence-corrected chi connectivity index (χ2v) is 18.2. The molecule has 4 aromatic rings. The van der Waals surface area contributed by atoms with E-state index in [9.17, 15) is 17.8 Å². The van der Waals surface area contributed by atoms with Crippen LogP contribution in [-0.4, -0.2) is 69.9 Å². The predicted octanol–water partition coefficient (Wildman–Crippen LogP) is 8.15. The van der Waals surface area contributed by atoms with E-state index in [4.69, 9.17) is 33.7 Å². The molecule has 1 aliphatic rings. The number of ether oxygens (including phenoxy) is 4. The van der Waals surface area contributed by atoms with Gasteiger partial charge in [0.1, 0.15) is 11.9 Å². The minimum absolute atomic E-state index is 0.0575. The van der Waals surface area contributed by atoms with Crippen LogP contribution in [0.5, 0.6) is 5.75 Å². The Hall–Kier alpha value is -4.27. The van der Waals surface area contributed by atoms with Crippen LogP contribution in [-0.2, 0) is 57.5 Å². The van der Waals surface area contributed by atoms with Crippen LogP contribution >= 0.6 is 7.60 Å². The number of rotatable bonds is 23. The largest absolute Gasteiger partial charge is 0.481 e. The first-order chi connectivity index (χ1) is 28.0. The second-order valence-electron chi connectivity index (χ2n) is 14.2. The van der Waals surface area contributed by atoms with Gasteiger partial charge in [-0.3, -0.25) is 4.57 Å². The van der Waals surface area contributed by atoms with E-state index in [0.29, 0.717) is 37.3 Å². The lowest BCUT2D eigenvalue weighted by atomic mass is 10.0. The molecule has 15 heteroatoms. The van der Waals surface area contributed by atoms with Crippen LogP contribution in [0.3, 0.4) is 0 Å². The third-order valence-corrected chi connectivity index (χ3v) is 13.0. The quantitative estimate of drug-likeness (QED) is 0.0547. The number of carbonyl (C=O) groups is 1. The number of carbonyl (C=O) groups excluding carboxylic acids is 1. The van der Waals surface area contributed by atoms with E-state index in [1.807, 2.05) is 93.6 Å². The van der Waals surface area contributed by atoms with E-state index in [1.54, 1.807) is 12.1 Å². The summed E-state index contributed by atoms with van der Waals surface area (Å²) < 4.78 is 78.1. The Kier molecular flexibility index (Phi) is 17.2. The van der Waals surface area contributed by atoms with Crippen LogP contribution in [0.2, 0.25) is 0 Å². The number of nitrogens with zero attached hydrogens (tertiary/aromatic N) is 1. The molecule has 5 rings (SSSR count). The zero-order valence-electron chi connectivity index (χ0n) is 33.4. The van der Waals surface area contributed by atoms with E-state index in [2.05, 4.69) is 5.32 Å². The Balaban J connectivity index is 1.23. The van der Waals surface area contributed by atoms with Gasteiger partial charge in [-0.1, -0.05) is 93.6 Å². The maximum atomic E-state index is 14.0. The highest BCUT2D eigenvalue weighted by Crippen LogP contribution is 2.50. The predicted molar refractivity (Wildman–Crippen MR) is 223 cm³/mol. The van der Waals surface area contributed by atoms with Crippen LogP contribution in [0.15, 0.2) is 114 Å². The number of sulfonamides is 1. The van der Waals surface area contributed by atoms with Crippen LogP contribution in [0, 0.1) is 5.92 Å². The fourth-order valence-electron chi connectivity index (χ4n) is 6.26. The minimum atomic E-state index is -3.96. The standard InChI is InChI=1S/C43H56N3O10PS/c1-4-25-46(26-24-38(28-34-16-18-37(44)19-17-34)45-43(47)56-41-31-52-42(33(41)3)51-27-5-2)58(49,50)40-22-20-39(21-23-40)53-32-57(48,54-29-35-12-8-6-9-13-35)55-30-36-14-10-7-11-15-36/h6-23,33,38,41-42H,4-5,24-32,44H2,1-3H3,(H,45,47)/t33-,38+,41-,42+/m0/s1. The number of nitrogen functional groups attached to an aromatic ring is 1. The zero-order chi connectivity index (χ0) is 41.4. The molecule has 0 aromatic heterocycles. The van der Waals surface area contributed by atoms with E-state index in [1.165, 1.54) is 28.6 Å². The summed E-state index contributed by atoms with van der Waals surface area (Å²) in [6, 6.07) is 31.5. The molecule has 1 heterocycles. The molecule has 4 aromatic carbocycles. The molecule has 1 saturated heterocycles. The molecule has 13 nitrogen and oxygen atoms in total. The van der Waals surface area contributed by atoms with Crippen molar-refractivity contribution >= 4 is 29.4 Å². The van der Waals surface area contributed by atoms with Crippen molar-refractivity contribution in [3.05, 3.63) is 126 Å². The molecule has 3 N–H and O–H groups in total. The van der Waals surface area contributed by atoms with Crippen LogP contribution in [0.25, 0.3) is 0 Å². The van der Waals surface area contributed by atoms with Crippen molar-refractivity contribution < 1.29 is 45.8 Å². The van der Waals surface area contributed by atoms with Gasteiger partial charge in [-0.05, 0) is 78.8 Å². The Morgan fingerprint density at radius 1 is 0.862 bits per heavy atom. The number of nitrogens with one attached hydrogen (secondary N) is 1. The van der Waals surface area contributed by atoms with Gasteiger partial charge in [0.05, 0.1) is 24.7 Å². The molecule has 0 aliphatic carbocycles. The topological polar surface area (TPSA) is 165 Å². The molecular weight excluding hydrogens is 782 g/mol. The Labute approximate surface area is 342 Å². The summed E-state index contributed by atoms with van der Waals surface area (Å²) in [5.41, 5.74) is 9.09. The van der Waals surface area contributed by atoms with Gasteiger partial charge < -0.3 is 39.0 Å². The van der Waals surface area contributed by atoms with Crippen molar-refractivity contribution in [2.24, 2.45) is 5.92 Å². The van der Waals surface area contributed by atoms with Gasteiger partial charge in [-0.25, -0.2) is 13.2 Å². The number of hydrogen-bond acceptors (Lipinski definition) is 11. The van der Waals surface area contributed by atoms with E-state index < -0.39 is 42.1 Å². The Morgan fingerprint density at radius 3 is 2.07 bits per heavy atom. The maximum Gasteiger partial charge on any atom is 0.407 e. The summed E-state index contributed by atoms with van der Waals surface area (Å²) in [5, 5.41) is 2.97. The van der Waals surface area contributed by atoms with E-state index >= 15 is 0 Å². The van der Waals surface area contributed by atoms with Crippen molar-refractivity contribution in [2.75, 3.05) is 38.4 Å². The highest BCUT2D eigenvalue weighted by molar-refractivity contribution is 7.89. The number of alkyl carbamates (subject to hydrolysis) is 1. The first kappa shape index (κ1) is 44.8. The number of nitrogens with two attached hydrogens (primary N) is 1. The fraction of sp³-hybridized carbons (Fsp3) is 0.419. The molecule has 58 heavy (non-hydrogen) atoms. The third kappa shape index (κ3) is 13.7. The van der Waals surface area contributed by atoms with Gasteiger partial charge in [0.2, 0.25) is 10.0 Å². The summed E-state index contributed by atoms with van der Waals surface area (Å²) >= 11 is 0. The van der Waals surface area contributed by atoms with E-state index in [-0.39, 0.29) is 50.1 Å². The molecule has 1 aliphatic heterocycles. The molecule has 1 fully saturated rings. The highest BCUT2D eigenvalue weighted by Gasteiger charge is 2.37. The lowest BCUT2D eigenvalue weighted by Gasteiger charge is -2.26. The Bertz CT molecular complexity index is 1940. The summed E-state index contributed by atoms with van der Waals surface area (Å²) in [4.78, 5) is 13.3. The smallest absolute Gasteiger partial charge is 0.407 e. The van der Waals surface area contributed by atoms with Crippen LogP contribution in [0.1, 0.15) is 56.7 Å². The SMILES string of the molecule is CCCO[C@@H]1OC[C@H](OC(=O)N[C@H](CCN(CCC)S(=O)(=O)c2ccc(OCP(=O)(OCc3ccccc3)OCc3ccccc3)cc2)Cc2ccc(N)cc2)[C@@H]1C. The van der Waals surface area contributed by atoms with Gasteiger partial charge in [-0.2, -0.15) is 4.31 Å². The van der Waals surface area contributed by atoms with Crippen molar-refractivity contribution in [1.82, 2.24) is 9.62 Å². The summed E-state index contributed by atoms with van der Waals surface area (Å²) in [6.07, 6.45) is 0.214. The fourth-order valence-corrected chi connectivity index (χ4v) is 9.03. The monoisotopic (exact) mass is 837 g/mol. The molecule has 0 unspecified atom stereocenters. The van der Waals surface area contributed by atoms with Gasteiger partial charge in [0.25, 0.3) is 0 Å². The molecule has 314 valence electrons. The first-order valence-corrected chi connectivity index (χ1v) is 22.9. The zero-order valence-corrected chi connectivity index (χ0v) is 35.2. The first-order valence-electron chi connectivity index (χ1n) is 19.7. The molecule has 4 atom stereocenters. The highest BCUT2D eigenvalue weighted by atomic mass is 32.2. The van der Waals surface area contributed by atoms with Crippen molar-refractivity contribution in [3.63, 3.8) is 0 Å². The molecular formula is C43H56N3O10PS. The lowest BCUT2D eigenvalue weighted by molar-refractivity contribution is -0.128. The summed E-state index contributed by atoms with van der Waals surface area (Å²) in [7, 11) is -7.73. The summed E-state index contributed by atoms with van der Waals surface area (Å²) in [6.45, 7) is 7.11. The number of amides is 1. The molecule has 0 radical (unpaired) electrons. The van der Waals surface area contributed by atoms with Gasteiger partial charge in [0.15, 0.2) is 12.6 Å². The van der Waals surface area contributed by atoms with Gasteiger partial charge >= 0.3 is 13.7 Å². The number of hydrogen-bond donors (Lipinski definition) is 2. The molecule has 1 amide bonds. The van der Waals surface area contributed by atoms with Crippen molar-refractivity contribution in [1.29, 1.82) is 0 Å².